The number of aromatic nitrogens is 3. The Labute approximate surface area is 103 Å². The summed E-state index contributed by atoms with van der Waals surface area (Å²) in [5, 5.41) is 7.00. The number of hydrogen-bond acceptors (Lipinski definition) is 4. The summed E-state index contributed by atoms with van der Waals surface area (Å²) in [7, 11) is 1.68. The molecule has 2 aromatic rings. The van der Waals surface area contributed by atoms with Crippen molar-refractivity contribution in [3.8, 4) is 0 Å². The van der Waals surface area contributed by atoms with Gasteiger partial charge in [0.1, 0.15) is 0 Å². The minimum Gasteiger partial charge on any atom is -0.324 e. The third kappa shape index (κ3) is 2.42. The minimum atomic E-state index is -0.217. The first-order valence-electron chi connectivity index (χ1n) is 5.23. The van der Waals surface area contributed by atoms with E-state index in [0.717, 1.165) is 10.5 Å². The summed E-state index contributed by atoms with van der Waals surface area (Å²) >= 11 is 1.43. The Bertz CT molecular complexity index is 573. The van der Waals surface area contributed by atoms with E-state index in [1.165, 1.54) is 16.3 Å². The Morgan fingerprint density at radius 3 is 2.76 bits per heavy atom. The molecule has 1 heterocycles. The van der Waals surface area contributed by atoms with Crippen LogP contribution in [0.2, 0.25) is 0 Å². The average Bonchev–Trinajstić information content (AvgIpc) is 2.61. The fourth-order valence-corrected chi connectivity index (χ4v) is 2.50. The van der Waals surface area contributed by atoms with Crippen molar-refractivity contribution in [1.82, 2.24) is 14.8 Å². The van der Waals surface area contributed by atoms with Crippen molar-refractivity contribution < 1.29 is 0 Å². The molecule has 0 bridgehead atoms. The van der Waals surface area contributed by atoms with E-state index in [1.54, 1.807) is 7.05 Å². The Morgan fingerprint density at radius 2 is 2.18 bits per heavy atom. The zero-order chi connectivity index (χ0) is 12.4. The molecule has 5 nitrogen and oxygen atoms in total. The summed E-state index contributed by atoms with van der Waals surface area (Å²) in [4.78, 5) is 12.3. The van der Waals surface area contributed by atoms with E-state index in [2.05, 4.69) is 10.2 Å². The fraction of sp³-hybridized carbons (Fsp3) is 0.273. The smallest absolute Gasteiger partial charge is 0.324 e. The molecule has 1 atom stereocenters. The third-order valence-corrected chi connectivity index (χ3v) is 3.59. The number of nitrogens with zero attached hydrogens (tertiary/aromatic N) is 2. The molecule has 3 N–H and O–H groups in total. The molecule has 0 spiro atoms. The Hall–Kier alpha value is -1.53. The molecule has 1 aromatic carbocycles. The first-order valence-corrected chi connectivity index (χ1v) is 6.05. The predicted octanol–water partition coefficient (Wildman–Crippen LogP) is 1.28. The largest absolute Gasteiger partial charge is 0.343 e. The first kappa shape index (κ1) is 11.9. The molecule has 17 heavy (non-hydrogen) atoms. The fourth-order valence-electron chi connectivity index (χ4n) is 1.47. The quantitative estimate of drug-likeness (QED) is 0.860. The summed E-state index contributed by atoms with van der Waals surface area (Å²) in [6.45, 7) is 1.93. The number of H-pyrrole nitrogens is 1. The van der Waals surface area contributed by atoms with Crippen LogP contribution in [0.1, 0.15) is 18.5 Å². The highest BCUT2D eigenvalue weighted by atomic mass is 32.2. The highest BCUT2D eigenvalue weighted by molar-refractivity contribution is 7.99. The summed E-state index contributed by atoms with van der Waals surface area (Å²) < 4.78 is 1.47. The zero-order valence-corrected chi connectivity index (χ0v) is 10.5. The molecule has 0 aliphatic rings. The van der Waals surface area contributed by atoms with Gasteiger partial charge in [0.25, 0.3) is 0 Å². The van der Waals surface area contributed by atoms with Gasteiger partial charge < -0.3 is 5.73 Å². The summed E-state index contributed by atoms with van der Waals surface area (Å²) in [5.41, 5.74) is 6.73. The molecule has 0 aliphatic heterocycles. The van der Waals surface area contributed by atoms with Crippen LogP contribution in [0, 0.1) is 0 Å². The number of rotatable bonds is 3. The van der Waals surface area contributed by atoms with Crippen molar-refractivity contribution >= 4 is 11.8 Å². The van der Waals surface area contributed by atoms with E-state index in [9.17, 15) is 4.79 Å². The maximum Gasteiger partial charge on any atom is 0.343 e. The monoisotopic (exact) mass is 250 g/mol. The summed E-state index contributed by atoms with van der Waals surface area (Å²) in [5.74, 6) is 0. The van der Waals surface area contributed by atoms with Gasteiger partial charge in [-0.2, -0.15) is 0 Å². The van der Waals surface area contributed by atoms with Crippen molar-refractivity contribution in [3.63, 3.8) is 0 Å². The van der Waals surface area contributed by atoms with Gasteiger partial charge in [0.15, 0.2) is 5.16 Å². The summed E-state index contributed by atoms with van der Waals surface area (Å²) in [6.07, 6.45) is 0. The Balaban J connectivity index is 2.36. The lowest BCUT2D eigenvalue weighted by Crippen LogP contribution is -2.13. The van der Waals surface area contributed by atoms with Gasteiger partial charge in [-0.05, 0) is 30.3 Å². The minimum absolute atomic E-state index is 0.0466. The molecular weight excluding hydrogens is 236 g/mol. The molecule has 0 saturated carbocycles. The maximum absolute atomic E-state index is 11.3. The molecule has 0 unspecified atom stereocenters. The third-order valence-electron chi connectivity index (χ3n) is 2.45. The molecule has 0 saturated heterocycles. The van der Waals surface area contributed by atoms with Crippen LogP contribution in [0.4, 0.5) is 0 Å². The highest BCUT2D eigenvalue weighted by Gasteiger charge is 2.11. The maximum atomic E-state index is 11.3. The van der Waals surface area contributed by atoms with Crippen molar-refractivity contribution in [2.45, 2.75) is 23.0 Å². The lowest BCUT2D eigenvalue weighted by Gasteiger charge is -2.10. The molecule has 2 rings (SSSR count). The van der Waals surface area contributed by atoms with Gasteiger partial charge in [0.05, 0.1) is 0 Å². The number of aromatic amines is 1. The molecule has 0 fully saturated rings. The average molecular weight is 250 g/mol. The van der Waals surface area contributed by atoms with Gasteiger partial charge in [-0.15, -0.1) is 5.10 Å². The summed E-state index contributed by atoms with van der Waals surface area (Å²) in [6, 6.07) is 7.81. The van der Waals surface area contributed by atoms with E-state index < -0.39 is 0 Å². The van der Waals surface area contributed by atoms with Crippen molar-refractivity contribution in [1.29, 1.82) is 0 Å². The van der Waals surface area contributed by atoms with Crippen molar-refractivity contribution in [2.75, 3.05) is 0 Å². The van der Waals surface area contributed by atoms with Gasteiger partial charge in [0.2, 0.25) is 0 Å². The lowest BCUT2D eigenvalue weighted by molar-refractivity contribution is 0.762. The van der Waals surface area contributed by atoms with Crippen LogP contribution in [0.5, 0.6) is 0 Å². The van der Waals surface area contributed by atoms with Gasteiger partial charge >= 0.3 is 5.69 Å². The predicted molar refractivity (Wildman–Crippen MR) is 67.0 cm³/mol. The second-order valence-corrected chi connectivity index (χ2v) is 4.81. The zero-order valence-electron chi connectivity index (χ0n) is 9.68. The standard InChI is InChI=1S/C11H14N4OS/c1-7(12)8-5-3-4-6-9(8)17-11-14-13-10(16)15(11)2/h3-7H,12H2,1-2H3,(H,13,16)/t7-/m1/s1. The van der Waals surface area contributed by atoms with E-state index in [0.29, 0.717) is 5.16 Å². The van der Waals surface area contributed by atoms with Crippen LogP contribution in [-0.4, -0.2) is 14.8 Å². The van der Waals surface area contributed by atoms with Gasteiger partial charge in [-0.1, -0.05) is 18.2 Å². The van der Waals surface area contributed by atoms with E-state index in [1.807, 2.05) is 31.2 Å². The van der Waals surface area contributed by atoms with Gasteiger partial charge in [-0.3, -0.25) is 4.57 Å². The second-order valence-electron chi connectivity index (χ2n) is 3.80. The molecular formula is C11H14N4OS. The van der Waals surface area contributed by atoms with Gasteiger partial charge in [-0.25, -0.2) is 9.89 Å². The molecule has 0 aliphatic carbocycles. The van der Waals surface area contributed by atoms with Crippen LogP contribution in [-0.2, 0) is 7.05 Å². The molecule has 0 amide bonds. The molecule has 1 aromatic heterocycles. The number of benzene rings is 1. The molecule has 6 heteroatoms. The topological polar surface area (TPSA) is 76.7 Å². The first-order chi connectivity index (χ1) is 8.09. The van der Waals surface area contributed by atoms with E-state index in [4.69, 9.17) is 5.73 Å². The van der Waals surface area contributed by atoms with Crippen molar-refractivity contribution in [2.24, 2.45) is 12.8 Å². The molecule has 90 valence electrons. The molecule has 0 radical (unpaired) electrons. The van der Waals surface area contributed by atoms with Crippen LogP contribution in [0.25, 0.3) is 0 Å². The number of nitrogens with one attached hydrogen (secondary N) is 1. The van der Waals surface area contributed by atoms with Crippen LogP contribution in [0.3, 0.4) is 0 Å². The van der Waals surface area contributed by atoms with E-state index in [-0.39, 0.29) is 11.7 Å². The van der Waals surface area contributed by atoms with Crippen molar-refractivity contribution in [3.05, 3.63) is 40.3 Å². The van der Waals surface area contributed by atoms with E-state index >= 15 is 0 Å². The van der Waals surface area contributed by atoms with Crippen LogP contribution in [0.15, 0.2) is 39.1 Å². The van der Waals surface area contributed by atoms with Gasteiger partial charge in [0, 0.05) is 18.0 Å². The Morgan fingerprint density at radius 1 is 1.47 bits per heavy atom. The second kappa shape index (κ2) is 4.77. The normalized spacial score (nSPS) is 12.6. The lowest BCUT2D eigenvalue weighted by atomic mass is 10.1. The number of nitrogens with two attached hydrogens (primary N) is 1. The Kier molecular flexibility index (Phi) is 3.35. The number of hydrogen-bond donors (Lipinski definition) is 2. The van der Waals surface area contributed by atoms with Crippen LogP contribution < -0.4 is 11.4 Å². The van der Waals surface area contributed by atoms with Crippen LogP contribution >= 0.6 is 11.8 Å². The SMILES string of the molecule is C[C@@H](N)c1ccccc1Sc1n[nH]c(=O)n1C. The highest BCUT2D eigenvalue weighted by Crippen LogP contribution is 2.30.